The summed E-state index contributed by atoms with van der Waals surface area (Å²) in [5, 5.41) is 3.75. The molecule has 0 amide bonds. The summed E-state index contributed by atoms with van der Waals surface area (Å²) in [6.07, 6.45) is 5.21. The Kier molecular flexibility index (Phi) is 5.05. The van der Waals surface area contributed by atoms with Gasteiger partial charge in [-0.25, -0.2) is 0 Å². The third-order valence-electron chi connectivity index (χ3n) is 4.83. The second-order valence-corrected chi connectivity index (χ2v) is 6.21. The van der Waals surface area contributed by atoms with Crippen molar-refractivity contribution in [2.45, 2.75) is 58.0 Å². The first-order valence-corrected chi connectivity index (χ1v) is 7.76. The van der Waals surface area contributed by atoms with E-state index < -0.39 is 0 Å². The molecule has 0 spiro atoms. The van der Waals surface area contributed by atoms with Crippen LogP contribution in [0.3, 0.4) is 0 Å². The first kappa shape index (κ1) is 14.3. The van der Waals surface area contributed by atoms with Gasteiger partial charge < -0.3 is 10.1 Å². The Balaban J connectivity index is 1.73. The minimum atomic E-state index is 0.336. The lowest BCUT2D eigenvalue weighted by molar-refractivity contribution is 0.0403. The van der Waals surface area contributed by atoms with Crippen LogP contribution in [0.15, 0.2) is 0 Å². The number of hydrogen-bond acceptors (Lipinski definition) is 3. The highest BCUT2D eigenvalue weighted by Gasteiger charge is 2.34. The molecule has 1 aliphatic heterocycles. The van der Waals surface area contributed by atoms with Gasteiger partial charge in [-0.3, -0.25) is 4.90 Å². The Morgan fingerprint density at radius 2 is 2.00 bits per heavy atom. The van der Waals surface area contributed by atoms with E-state index in [0.29, 0.717) is 11.6 Å². The summed E-state index contributed by atoms with van der Waals surface area (Å²) >= 11 is 0. The molecule has 3 nitrogen and oxygen atoms in total. The van der Waals surface area contributed by atoms with Gasteiger partial charge in [0.15, 0.2) is 0 Å². The maximum absolute atomic E-state index is 5.78. The third kappa shape index (κ3) is 3.69. The van der Waals surface area contributed by atoms with E-state index in [1.807, 2.05) is 0 Å². The third-order valence-corrected chi connectivity index (χ3v) is 4.83. The average Bonchev–Trinajstić information content (AvgIpc) is 3.21. The maximum atomic E-state index is 5.78. The lowest BCUT2D eigenvalue weighted by Gasteiger charge is -2.46. The van der Waals surface area contributed by atoms with Crippen molar-refractivity contribution < 1.29 is 4.74 Å². The van der Waals surface area contributed by atoms with Gasteiger partial charge in [0, 0.05) is 37.8 Å². The first-order chi connectivity index (χ1) is 8.69. The van der Waals surface area contributed by atoms with Crippen molar-refractivity contribution in [3.05, 3.63) is 0 Å². The molecule has 106 valence electrons. The van der Waals surface area contributed by atoms with E-state index >= 15 is 0 Å². The lowest BCUT2D eigenvalue weighted by atomic mass is 9.89. The van der Waals surface area contributed by atoms with Gasteiger partial charge in [-0.2, -0.15) is 0 Å². The minimum Gasteiger partial charge on any atom is -0.380 e. The summed E-state index contributed by atoms with van der Waals surface area (Å²) in [4.78, 5) is 2.61. The molecule has 1 aliphatic carbocycles. The number of rotatable bonds is 7. The van der Waals surface area contributed by atoms with E-state index in [9.17, 15) is 0 Å². The molecule has 1 atom stereocenters. The molecule has 1 heterocycles. The second kappa shape index (κ2) is 6.36. The van der Waals surface area contributed by atoms with Crippen molar-refractivity contribution in [2.75, 3.05) is 32.8 Å². The summed E-state index contributed by atoms with van der Waals surface area (Å²) in [7, 11) is 0. The number of ether oxygens (including phenoxy) is 1. The predicted molar refractivity (Wildman–Crippen MR) is 75.9 cm³/mol. The van der Waals surface area contributed by atoms with Crippen molar-refractivity contribution in [2.24, 2.45) is 5.92 Å². The Bertz CT molecular complexity index is 249. The molecule has 0 aromatic heterocycles. The van der Waals surface area contributed by atoms with Gasteiger partial charge in [0.1, 0.15) is 0 Å². The number of nitrogens with zero attached hydrogens (tertiary/aromatic N) is 1. The van der Waals surface area contributed by atoms with Crippen LogP contribution in [0.1, 0.15) is 46.5 Å². The van der Waals surface area contributed by atoms with E-state index in [0.717, 1.165) is 32.2 Å². The van der Waals surface area contributed by atoms with Crippen LogP contribution in [-0.2, 0) is 4.74 Å². The monoisotopic (exact) mass is 254 g/mol. The number of piperazine rings is 1. The van der Waals surface area contributed by atoms with Crippen molar-refractivity contribution in [3.63, 3.8) is 0 Å². The first-order valence-electron chi connectivity index (χ1n) is 7.76. The predicted octanol–water partition coefficient (Wildman–Crippen LogP) is 2.27. The fourth-order valence-corrected chi connectivity index (χ4v) is 2.83. The van der Waals surface area contributed by atoms with Crippen molar-refractivity contribution in [3.8, 4) is 0 Å². The molecule has 0 aromatic rings. The van der Waals surface area contributed by atoms with Gasteiger partial charge in [0.25, 0.3) is 0 Å². The van der Waals surface area contributed by atoms with Gasteiger partial charge in [0.05, 0.1) is 6.61 Å². The Morgan fingerprint density at radius 3 is 2.61 bits per heavy atom. The van der Waals surface area contributed by atoms with Crippen LogP contribution in [-0.4, -0.2) is 49.3 Å². The van der Waals surface area contributed by atoms with E-state index in [1.54, 1.807) is 0 Å². The standard InChI is InChI=1S/C15H30N2O/c1-4-15(5-2)12-17(13(3)10-16-15)8-9-18-11-14-6-7-14/h13-14,16H,4-12H2,1-3H3. The maximum Gasteiger partial charge on any atom is 0.0593 e. The van der Waals surface area contributed by atoms with E-state index in [4.69, 9.17) is 4.74 Å². The van der Waals surface area contributed by atoms with Crippen LogP contribution >= 0.6 is 0 Å². The van der Waals surface area contributed by atoms with Gasteiger partial charge in [-0.15, -0.1) is 0 Å². The van der Waals surface area contributed by atoms with Crippen molar-refractivity contribution >= 4 is 0 Å². The van der Waals surface area contributed by atoms with Crippen molar-refractivity contribution in [1.82, 2.24) is 10.2 Å². The average molecular weight is 254 g/mol. The highest BCUT2D eigenvalue weighted by molar-refractivity contribution is 4.95. The Morgan fingerprint density at radius 1 is 1.28 bits per heavy atom. The van der Waals surface area contributed by atoms with E-state index in [-0.39, 0.29) is 0 Å². The molecule has 0 radical (unpaired) electrons. The summed E-state index contributed by atoms with van der Waals surface area (Å²) in [6.45, 7) is 12.2. The second-order valence-electron chi connectivity index (χ2n) is 6.21. The molecule has 1 N–H and O–H groups in total. The quantitative estimate of drug-likeness (QED) is 0.705. The van der Waals surface area contributed by atoms with Gasteiger partial charge >= 0.3 is 0 Å². The molecular weight excluding hydrogens is 224 g/mol. The molecule has 0 bridgehead atoms. The largest absolute Gasteiger partial charge is 0.380 e. The van der Waals surface area contributed by atoms with Crippen LogP contribution in [0.4, 0.5) is 0 Å². The minimum absolute atomic E-state index is 0.336. The van der Waals surface area contributed by atoms with E-state index in [2.05, 4.69) is 31.0 Å². The van der Waals surface area contributed by atoms with Crippen LogP contribution in [0.25, 0.3) is 0 Å². The lowest BCUT2D eigenvalue weighted by Crippen LogP contribution is -2.63. The highest BCUT2D eigenvalue weighted by atomic mass is 16.5. The van der Waals surface area contributed by atoms with E-state index in [1.165, 1.54) is 32.2 Å². The Hall–Kier alpha value is -0.120. The van der Waals surface area contributed by atoms with Crippen LogP contribution in [0.5, 0.6) is 0 Å². The fourth-order valence-electron chi connectivity index (χ4n) is 2.83. The van der Waals surface area contributed by atoms with Gasteiger partial charge in [-0.05, 0) is 38.5 Å². The van der Waals surface area contributed by atoms with Crippen LogP contribution in [0, 0.1) is 5.92 Å². The van der Waals surface area contributed by atoms with Crippen LogP contribution in [0.2, 0.25) is 0 Å². The molecule has 1 saturated carbocycles. The van der Waals surface area contributed by atoms with Crippen molar-refractivity contribution in [1.29, 1.82) is 0 Å². The zero-order chi connectivity index (χ0) is 13.0. The zero-order valence-corrected chi connectivity index (χ0v) is 12.4. The number of hydrogen-bond donors (Lipinski definition) is 1. The normalized spacial score (nSPS) is 28.5. The van der Waals surface area contributed by atoms with Gasteiger partial charge in [0.2, 0.25) is 0 Å². The summed E-state index contributed by atoms with van der Waals surface area (Å²) in [5.41, 5.74) is 0.336. The molecule has 2 fully saturated rings. The highest BCUT2D eigenvalue weighted by Crippen LogP contribution is 2.28. The summed E-state index contributed by atoms with van der Waals surface area (Å²) < 4.78 is 5.78. The molecule has 1 unspecified atom stereocenters. The van der Waals surface area contributed by atoms with Crippen LogP contribution < -0.4 is 5.32 Å². The molecular formula is C15H30N2O. The number of nitrogens with one attached hydrogen (secondary N) is 1. The topological polar surface area (TPSA) is 24.5 Å². The summed E-state index contributed by atoms with van der Waals surface area (Å²) in [5.74, 6) is 0.885. The molecule has 2 aliphatic rings. The molecule has 2 rings (SSSR count). The van der Waals surface area contributed by atoms with Gasteiger partial charge in [-0.1, -0.05) is 13.8 Å². The Labute approximate surface area is 112 Å². The molecule has 18 heavy (non-hydrogen) atoms. The molecule has 0 aromatic carbocycles. The smallest absolute Gasteiger partial charge is 0.0593 e. The molecule has 1 saturated heterocycles. The molecule has 3 heteroatoms. The fraction of sp³-hybridized carbons (Fsp3) is 1.00. The summed E-state index contributed by atoms with van der Waals surface area (Å²) in [6, 6.07) is 0.640. The zero-order valence-electron chi connectivity index (χ0n) is 12.4. The SMILES string of the molecule is CCC1(CC)CN(CCOCC2CC2)C(C)CN1.